The van der Waals surface area contributed by atoms with Crippen LogP contribution in [0.25, 0.3) is 0 Å². The van der Waals surface area contributed by atoms with Crippen LogP contribution < -0.4 is 9.44 Å². The van der Waals surface area contributed by atoms with Crippen LogP contribution in [0.15, 0.2) is 0 Å². The van der Waals surface area contributed by atoms with Crippen molar-refractivity contribution in [2.45, 2.75) is 75.8 Å². The fraction of sp³-hybridized carbons (Fsp3) is 0.857. The van der Waals surface area contributed by atoms with Gasteiger partial charge in [0.2, 0.25) is 0 Å². The molecule has 0 amide bonds. The second-order valence-electron chi connectivity index (χ2n) is 8.16. The zero-order valence-corrected chi connectivity index (χ0v) is 19.1. The van der Waals surface area contributed by atoms with Gasteiger partial charge >= 0.3 is 43.0 Å². The summed E-state index contributed by atoms with van der Waals surface area (Å²) in [6.07, 6.45) is 0. The minimum atomic E-state index is -6.49. The van der Waals surface area contributed by atoms with Crippen molar-refractivity contribution < 1.29 is 62.2 Å². The minimum absolute atomic E-state index is 0.674. The first-order chi connectivity index (χ1) is 13.7. The molecule has 0 saturated carbocycles. The van der Waals surface area contributed by atoms with Crippen molar-refractivity contribution in [3.05, 3.63) is 0 Å². The highest BCUT2D eigenvalue weighted by Gasteiger charge is 2.54. The van der Waals surface area contributed by atoms with E-state index in [1.165, 1.54) is 0 Å². The maximum Gasteiger partial charge on any atom is 0.511 e. The molecule has 190 valence electrons. The fourth-order valence-corrected chi connectivity index (χ4v) is 3.10. The van der Waals surface area contributed by atoms with Gasteiger partial charge in [-0.05, 0) is 41.5 Å². The number of ether oxygens (including phenoxy) is 2. The molecule has 0 saturated heterocycles. The summed E-state index contributed by atoms with van der Waals surface area (Å²) in [6.45, 7) is 6.93. The number of halogens is 6. The number of esters is 2. The van der Waals surface area contributed by atoms with Gasteiger partial charge in [-0.2, -0.15) is 35.8 Å². The number of alkyl halides is 6. The van der Waals surface area contributed by atoms with Gasteiger partial charge in [0, 0.05) is 0 Å². The van der Waals surface area contributed by atoms with Gasteiger partial charge < -0.3 is 9.47 Å². The summed E-state index contributed by atoms with van der Waals surface area (Å²) in [6, 6.07) is -6.26. The second kappa shape index (κ2) is 9.30. The summed E-state index contributed by atoms with van der Waals surface area (Å²) in [5, 5.41) is 0. The molecule has 0 rings (SSSR count). The molecule has 10 nitrogen and oxygen atoms in total. The normalized spacial score (nSPS) is 16.2. The van der Waals surface area contributed by atoms with E-state index in [0.29, 0.717) is 9.44 Å². The standard InChI is InChI=1S/C14H22F6N2O8S2/c1-11(2,3)29-9(23)7(21-31(25,26)13(15,16)17)8(10(24)30-12(4,5)6)22-32(27,28)14(18,19)20/h7-8,21-22H,1-6H3/t7-,8-/m0/s1. The lowest BCUT2D eigenvalue weighted by Gasteiger charge is -2.31. The third-order valence-electron chi connectivity index (χ3n) is 2.83. The molecule has 0 aromatic carbocycles. The predicted octanol–water partition coefficient (Wildman–Crippen LogP) is 1.29. The average molecular weight is 524 g/mol. The summed E-state index contributed by atoms with van der Waals surface area (Å²) in [7, 11) is -13.0. The lowest BCUT2D eigenvalue weighted by Crippen LogP contribution is -2.63. The van der Waals surface area contributed by atoms with E-state index in [2.05, 4.69) is 9.47 Å². The summed E-state index contributed by atoms with van der Waals surface area (Å²) in [4.78, 5) is 24.7. The number of hydrogen-bond donors (Lipinski definition) is 2. The number of nitrogens with one attached hydrogen (secondary N) is 2. The SMILES string of the molecule is CC(C)(C)OC(=O)[C@@H](NS(=O)(=O)C(F)(F)F)[C@H](NS(=O)(=O)C(F)(F)F)C(=O)OC(C)(C)C. The fourth-order valence-electron chi connectivity index (χ4n) is 1.70. The van der Waals surface area contributed by atoms with Crippen molar-refractivity contribution in [1.29, 1.82) is 0 Å². The molecule has 0 aliphatic carbocycles. The highest BCUT2D eigenvalue weighted by atomic mass is 32.2. The number of rotatable bonds is 7. The Labute approximate surface area is 180 Å². The third-order valence-corrected chi connectivity index (χ3v) is 5.18. The molecule has 0 aliphatic heterocycles. The van der Waals surface area contributed by atoms with Gasteiger partial charge in [0.15, 0.2) is 0 Å². The van der Waals surface area contributed by atoms with E-state index < -0.39 is 66.3 Å². The lowest BCUT2D eigenvalue weighted by molar-refractivity contribution is -0.166. The van der Waals surface area contributed by atoms with Crippen LogP contribution in [-0.2, 0) is 39.1 Å². The first kappa shape index (κ1) is 30.3. The molecular weight excluding hydrogens is 502 g/mol. The molecule has 32 heavy (non-hydrogen) atoms. The first-order valence-electron chi connectivity index (χ1n) is 8.33. The van der Waals surface area contributed by atoms with E-state index >= 15 is 0 Å². The molecule has 0 aliphatic rings. The van der Waals surface area contributed by atoms with Crippen LogP contribution >= 0.6 is 0 Å². The van der Waals surface area contributed by atoms with Crippen LogP contribution in [0.3, 0.4) is 0 Å². The van der Waals surface area contributed by atoms with Crippen molar-refractivity contribution in [1.82, 2.24) is 9.44 Å². The summed E-state index contributed by atoms with van der Waals surface area (Å²) < 4.78 is 134. The number of carbonyl (C=O) groups excluding carboxylic acids is 2. The van der Waals surface area contributed by atoms with Gasteiger partial charge in [0.1, 0.15) is 23.3 Å². The van der Waals surface area contributed by atoms with Gasteiger partial charge in [-0.25, -0.2) is 16.8 Å². The zero-order valence-electron chi connectivity index (χ0n) is 17.5. The van der Waals surface area contributed by atoms with Crippen LogP contribution in [0, 0.1) is 0 Å². The van der Waals surface area contributed by atoms with Crippen LogP contribution in [0.5, 0.6) is 0 Å². The Morgan fingerprint density at radius 1 is 0.625 bits per heavy atom. The van der Waals surface area contributed by atoms with Crippen LogP contribution in [0.4, 0.5) is 26.3 Å². The van der Waals surface area contributed by atoms with E-state index in [9.17, 15) is 52.8 Å². The molecule has 2 N–H and O–H groups in total. The maximum atomic E-state index is 12.8. The zero-order chi connectivity index (χ0) is 26.1. The van der Waals surface area contributed by atoms with Crippen LogP contribution in [-0.4, -0.2) is 63.1 Å². The van der Waals surface area contributed by atoms with E-state index in [1.807, 2.05) is 0 Å². The molecule has 0 aromatic rings. The molecule has 0 heterocycles. The molecule has 2 atom stereocenters. The highest BCUT2D eigenvalue weighted by molar-refractivity contribution is 7.90. The van der Waals surface area contributed by atoms with E-state index in [-0.39, 0.29) is 0 Å². The largest absolute Gasteiger partial charge is 0.511 e. The van der Waals surface area contributed by atoms with Gasteiger partial charge in [-0.15, -0.1) is 0 Å². The first-order valence-corrected chi connectivity index (χ1v) is 11.3. The van der Waals surface area contributed by atoms with Gasteiger partial charge in [-0.1, -0.05) is 0 Å². The Morgan fingerprint density at radius 2 is 0.844 bits per heavy atom. The van der Waals surface area contributed by atoms with Crippen molar-refractivity contribution in [3.63, 3.8) is 0 Å². The number of carbonyl (C=O) groups is 2. The quantitative estimate of drug-likeness (QED) is 0.374. The summed E-state index contributed by atoms with van der Waals surface area (Å²) >= 11 is 0. The molecule has 18 heteroatoms. The minimum Gasteiger partial charge on any atom is -0.459 e. The Bertz CT molecular complexity index is 839. The highest BCUT2D eigenvalue weighted by Crippen LogP contribution is 2.26. The van der Waals surface area contributed by atoms with Gasteiger partial charge in [0.05, 0.1) is 0 Å². The van der Waals surface area contributed by atoms with Crippen LogP contribution in [0.1, 0.15) is 41.5 Å². The number of hydrogen-bond acceptors (Lipinski definition) is 8. The van der Waals surface area contributed by atoms with Gasteiger partial charge in [0.25, 0.3) is 0 Å². The molecule has 0 spiro atoms. The Balaban J connectivity index is 6.72. The lowest BCUT2D eigenvalue weighted by atomic mass is 10.1. The smallest absolute Gasteiger partial charge is 0.459 e. The molecule has 0 unspecified atom stereocenters. The summed E-state index contributed by atoms with van der Waals surface area (Å²) in [5.41, 5.74) is -15.3. The maximum absolute atomic E-state index is 12.8. The van der Waals surface area contributed by atoms with Crippen molar-refractivity contribution in [2.24, 2.45) is 0 Å². The number of sulfonamides is 2. The Hall–Kier alpha value is -1.66. The van der Waals surface area contributed by atoms with E-state index in [4.69, 9.17) is 0 Å². The summed E-state index contributed by atoms with van der Waals surface area (Å²) in [5.74, 6) is -3.99. The Kier molecular flexibility index (Phi) is 8.82. The van der Waals surface area contributed by atoms with Crippen molar-refractivity contribution in [2.75, 3.05) is 0 Å². The average Bonchev–Trinajstić information content (AvgIpc) is 2.44. The van der Waals surface area contributed by atoms with Gasteiger partial charge in [-0.3, -0.25) is 9.59 Å². The molecule has 0 bridgehead atoms. The molecule has 0 fully saturated rings. The predicted molar refractivity (Wildman–Crippen MR) is 95.5 cm³/mol. The van der Waals surface area contributed by atoms with Crippen molar-refractivity contribution >= 4 is 32.0 Å². The third kappa shape index (κ3) is 9.07. The van der Waals surface area contributed by atoms with E-state index in [1.54, 1.807) is 0 Å². The molecule has 0 aromatic heterocycles. The Morgan fingerprint density at radius 3 is 1.00 bits per heavy atom. The monoisotopic (exact) mass is 524 g/mol. The topological polar surface area (TPSA) is 145 Å². The molecular formula is C14H22F6N2O8S2. The van der Waals surface area contributed by atoms with Crippen molar-refractivity contribution in [3.8, 4) is 0 Å². The van der Waals surface area contributed by atoms with E-state index in [0.717, 1.165) is 41.5 Å². The molecule has 0 radical (unpaired) electrons. The second-order valence-corrected chi connectivity index (χ2v) is 11.6. The van der Waals surface area contributed by atoms with Crippen LogP contribution in [0.2, 0.25) is 0 Å².